The van der Waals surface area contributed by atoms with Gasteiger partial charge in [-0.15, -0.1) is 0 Å². The molecule has 2 aliphatic rings. The number of rotatable bonds is 2. The van der Waals surface area contributed by atoms with E-state index in [2.05, 4.69) is 71.1 Å². The van der Waals surface area contributed by atoms with Gasteiger partial charge in [-0.1, -0.05) is 0 Å². The van der Waals surface area contributed by atoms with Gasteiger partial charge >= 0.3 is 131 Å². The minimum atomic E-state index is -2.12. The predicted octanol–water partition coefficient (Wildman–Crippen LogP) is 4.98. The van der Waals surface area contributed by atoms with Gasteiger partial charge in [-0.2, -0.15) is 0 Å². The van der Waals surface area contributed by atoms with Crippen molar-refractivity contribution in [2.45, 2.75) is 23.3 Å². The molecule has 0 atom stereocenters. The van der Waals surface area contributed by atoms with Crippen LogP contribution in [0.15, 0.2) is 64.6 Å². The van der Waals surface area contributed by atoms with Crippen molar-refractivity contribution in [3.8, 4) is 11.1 Å². The standard InChI is InChI=1S/C13H9.C5H5.2CH3.Ti/c1-3-7-12-10(5-1)9-11-6-2-4-8-13(11)12;1-2-4-5-3-1;;;/h1-5,7-8H,9H2;1-3H,4H2;2*1H3;. The zero-order valence-electron chi connectivity index (χ0n) is 12.7. The van der Waals surface area contributed by atoms with Crippen LogP contribution in [0.5, 0.6) is 0 Å². The molecule has 21 heavy (non-hydrogen) atoms. The Balaban J connectivity index is 1.87. The first-order valence-electron chi connectivity index (χ1n) is 7.75. The van der Waals surface area contributed by atoms with E-state index in [0.717, 1.165) is 6.42 Å². The number of hydrogen-bond donors (Lipinski definition) is 0. The van der Waals surface area contributed by atoms with E-state index in [1.54, 1.807) is 13.3 Å². The molecule has 0 bridgehead atoms. The second kappa shape index (κ2) is 4.83. The molecule has 0 nitrogen and oxygen atoms in total. The summed E-state index contributed by atoms with van der Waals surface area (Å²) in [5.41, 5.74) is 6.03. The van der Waals surface area contributed by atoms with E-state index in [1.807, 2.05) is 0 Å². The van der Waals surface area contributed by atoms with Gasteiger partial charge in [0.2, 0.25) is 0 Å². The molecule has 0 N–H and O–H groups in total. The quantitative estimate of drug-likeness (QED) is 0.586. The molecule has 0 saturated heterocycles. The van der Waals surface area contributed by atoms with Crippen LogP contribution in [0, 0.1) is 0 Å². The van der Waals surface area contributed by atoms with E-state index in [1.165, 1.54) is 23.1 Å². The topological polar surface area (TPSA) is 0 Å². The summed E-state index contributed by atoms with van der Waals surface area (Å²) in [6.07, 6.45) is 9.21. The van der Waals surface area contributed by atoms with Crippen LogP contribution in [0.4, 0.5) is 0 Å². The fraction of sp³-hybridized carbons (Fsp3) is 0.200. The molecule has 0 radical (unpaired) electrons. The van der Waals surface area contributed by atoms with Crippen molar-refractivity contribution in [3.63, 3.8) is 0 Å². The summed E-state index contributed by atoms with van der Waals surface area (Å²) in [5.74, 6) is 0. The Labute approximate surface area is 130 Å². The average molecular weight is 308 g/mol. The van der Waals surface area contributed by atoms with Crippen molar-refractivity contribution in [2.75, 3.05) is 0 Å². The first kappa shape index (κ1) is 13.3. The molecule has 0 unspecified atom stereocenters. The summed E-state index contributed by atoms with van der Waals surface area (Å²) >= 11 is -2.12. The summed E-state index contributed by atoms with van der Waals surface area (Å²) < 4.78 is 3.39. The van der Waals surface area contributed by atoms with Crippen LogP contribution in [0.25, 0.3) is 11.1 Å². The van der Waals surface area contributed by atoms with Crippen molar-refractivity contribution in [1.29, 1.82) is 0 Å². The Bertz CT molecular complexity index is 778. The maximum absolute atomic E-state index is 2.55. The first-order valence-corrected chi connectivity index (χ1v) is 12.4. The van der Waals surface area contributed by atoms with Gasteiger partial charge in [-0.05, 0) is 0 Å². The Morgan fingerprint density at radius 1 is 0.905 bits per heavy atom. The Kier molecular flexibility index (Phi) is 3.06. The molecule has 0 aromatic heterocycles. The molecule has 1 heteroatoms. The van der Waals surface area contributed by atoms with Crippen LogP contribution < -0.4 is 3.87 Å². The van der Waals surface area contributed by atoms with Crippen LogP contribution in [0.3, 0.4) is 0 Å². The zero-order chi connectivity index (χ0) is 14.4. The van der Waals surface area contributed by atoms with Gasteiger partial charge in [0.05, 0.1) is 0 Å². The van der Waals surface area contributed by atoms with Gasteiger partial charge in [-0.3, -0.25) is 0 Å². The molecule has 2 aliphatic carbocycles. The molecule has 4 rings (SSSR count). The second-order valence-electron chi connectivity index (χ2n) is 6.61. The van der Waals surface area contributed by atoms with Crippen molar-refractivity contribution in [2.24, 2.45) is 0 Å². The molecule has 0 fully saturated rings. The molecule has 0 saturated carbocycles. The third kappa shape index (κ3) is 2.01. The predicted molar refractivity (Wildman–Crippen MR) is 87.9 cm³/mol. The normalized spacial score (nSPS) is 15.8. The number of fused-ring (bicyclic) bond motifs is 3. The third-order valence-corrected chi connectivity index (χ3v) is 11.0. The van der Waals surface area contributed by atoms with Gasteiger partial charge in [0.15, 0.2) is 0 Å². The van der Waals surface area contributed by atoms with Crippen LogP contribution in [0.1, 0.15) is 17.5 Å². The van der Waals surface area contributed by atoms with Crippen molar-refractivity contribution >= 4 is 3.87 Å². The minimum absolute atomic E-state index is 1.12. The first-order chi connectivity index (χ1) is 10.2. The van der Waals surface area contributed by atoms with Gasteiger partial charge in [0, 0.05) is 0 Å². The van der Waals surface area contributed by atoms with E-state index >= 15 is 0 Å². The molecule has 0 heterocycles. The van der Waals surface area contributed by atoms with E-state index in [4.69, 9.17) is 0 Å². The molecule has 2 aromatic rings. The molecular weight excluding hydrogens is 288 g/mol. The van der Waals surface area contributed by atoms with E-state index in [9.17, 15) is 0 Å². The monoisotopic (exact) mass is 308 g/mol. The van der Waals surface area contributed by atoms with Gasteiger partial charge < -0.3 is 0 Å². The number of hydrogen-bond acceptors (Lipinski definition) is 0. The summed E-state index contributed by atoms with van der Waals surface area (Å²) in [7, 11) is 0. The summed E-state index contributed by atoms with van der Waals surface area (Å²) in [5, 5.41) is 5.11. The molecule has 0 spiro atoms. The van der Waals surface area contributed by atoms with Crippen LogP contribution in [-0.2, 0) is 23.0 Å². The Hall–Kier alpha value is -1.37. The van der Waals surface area contributed by atoms with Crippen LogP contribution >= 0.6 is 0 Å². The molecule has 104 valence electrons. The Morgan fingerprint density at radius 3 is 2.52 bits per heavy atom. The maximum atomic E-state index is 2.55. The zero-order valence-corrected chi connectivity index (χ0v) is 14.2. The summed E-state index contributed by atoms with van der Waals surface area (Å²) in [6.45, 7) is 0. The van der Waals surface area contributed by atoms with Crippen molar-refractivity contribution < 1.29 is 16.6 Å². The molecular formula is C20H20Ti. The summed E-state index contributed by atoms with van der Waals surface area (Å²) in [4.78, 5) is 0. The number of allylic oxidation sites excluding steroid dienone is 4. The van der Waals surface area contributed by atoms with E-state index in [0.29, 0.717) is 0 Å². The Morgan fingerprint density at radius 2 is 1.71 bits per heavy atom. The molecule has 0 aliphatic heterocycles. The SMILES string of the molecule is [CH3][Ti]([CH3])([C]1=CC=CC1)[c]1cccc2c1Cc1ccccc1-2. The van der Waals surface area contributed by atoms with E-state index in [-0.39, 0.29) is 0 Å². The van der Waals surface area contributed by atoms with E-state index < -0.39 is 16.6 Å². The third-order valence-electron chi connectivity index (χ3n) is 5.10. The van der Waals surface area contributed by atoms with Gasteiger partial charge in [-0.25, -0.2) is 0 Å². The van der Waals surface area contributed by atoms with Gasteiger partial charge in [0.1, 0.15) is 0 Å². The second-order valence-corrected chi connectivity index (χ2v) is 13.5. The summed E-state index contributed by atoms with van der Waals surface area (Å²) in [6, 6.07) is 15.9. The fourth-order valence-corrected chi connectivity index (χ4v) is 8.48. The van der Waals surface area contributed by atoms with Crippen molar-refractivity contribution in [1.82, 2.24) is 0 Å². The fourth-order valence-electron chi connectivity index (χ4n) is 3.83. The number of benzene rings is 2. The average Bonchev–Trinajstić information content (AvgIpc) is 3.14. The molecule has 0 amide bonds. The van der Waals surface area contributed by atoms with Crippen LogP contribution in [0.2, 0.25) is 10.5 Å². The van der Waals surface area contributed by atoms with Crippen molar-refractivity contribution in [3.05, 3.63) is 75.7 Å². The van der Waals surface area contributed by atoms with Gasteiger partial charge in [0.25, 0.3) is 0 Å². The molecule has 2 aromatic carbocycles. The van der Waals surface area contributed by atoms with Crippen LogP contribution in [-0.4, -0.2) is 0 Å².